The van der Waals surface area contributed by atoms with E-state index in [4.69, 9.17) is 0 Å². The molecule has 0 saturated carbocycles. The molecule has 0 aliphatic heterocycles. The lowest BCUT2D eigenvalue weighted by molar-refractivity contribution is 0.403. The lowest BCUT2D eigenvalue weighted by atomic mass is 9.96. The van der Waals surface area contributed by atoms with E-state index in [0.717, 1.165) is 0 Å². The summed E-state index contributed by atoms with van der Waals surface area (Å²) in [5.41, 5.74) is 1.42. The van der Waals surface area contributed by atoms with Crippen LogP contribution in [0.5, 0.6) is 0 Å². The van der Waals surface area contributed by atoms with Crippen molar-refractivity contribution in [1.29, 1.82) is 0 Å². The van der Waals surface area contributed by atoms with Crippen LogP contribution in [0.25, 0.3) is 0 Å². The van der Waals surface area contributed by atoms with Gasteiger partial charge in [-0.15, -0.1) is 0 Å². The largest absolute Gasteiger partial charge is 0.307 e. The van der Waals surface area contributed by atoms with Gasteiger partial charge in [-0.1, -0.05) is 51.1 Å². The molecule has 0 radical (unpaired) electrons. The zero-order valence-electron chi connectivity index (χ0n) is 12.1. The molecule has 0 aromatic heterocycles. The molecular formula is C16H27NS. The highest BCUT2D eigenvalue weighted by atomic mass is 32.2. The van der Waals surface area contributed by atoms with E-state index in [2.05, 4.69) is 63.3 Å². The van der Waals surface area contributed by atoms with Gasteiger partial charge in [0.15, 0.2) is 0 Å². The number of thioether (sulfide) groups is 1. The minimum absolute atomic E-state index is 0.485. The second-order valence-corrected chi connectivity index (χ2v) is 6.64. The second-order valence-electron chi connectivity index (χ2n) is 5.32. The molecule has 0 bridgehead atoms. The summed E-state index contributed by atoms with van der Waals surface area (Å²) in [5.74, 6) is 3.11. The maximum atomic E-state index is 3.78. The molecule has 1 aromatic rings. The molecule has 0 spiro atoms. The van der Waals surface area contributed by atoms with Crippen LogP contribution >= 0.6 is 11.8 Å². The molecule has 2 atom stereocenters. The van der Waals surface area contributed by atoms with Crippen molar-refractivity contribution in [2.45, 2.75) is 46.2 Å². The van der Waals surface area contributed by atoms with E-state index in [-0.39, 0.29) is 0 Å². The van der Waals surface area contributed by atoms with Crippen molar-refractivity contribution in [1.82, 2.24) is 5.32 Å². The minimum Gasteiger partial charge on any atom is -0.307 e. The summed E-state index contributed by atoms with van der Waals surface area (Å²) in [5, 5.41) is 3.78. The number of hydrogen-bond acceptors (Lipinski definition) is 2. The Labute approximate surface area is 117 Å². The van der Waals surface area contributed by atoms with E-state index in [1.165, 1.54) is 23.5 Å². The van der Waals surface area contributed by atoms with E-state index < -0.39 is 0 Å². The molecule has 102 valence electrons. The summed E-state index contributed by atoms with van der Waals surface area (Å²) in [6.07, 6.45) is 1.20. The third-order valence-corrected chi connectivity index (χ3v) is 4.11. The maximum Gasteiger partial charge on any atom is 0.0325 e. The zero-order valence-corrected chi connectivity index (χ0v) is 13.0. The standard InChI is InChI=1S/C16H27NS/c1-5-18-12-14(4)17-16(11-13(2)3)15-9-7-6-8-10-15/h6-10,13-14,16-17H,5,11-12H2,1-4H3. The van der Waals surface area contributed by atoms with Gasteiger partial charge in [0, 0.05) is 17.8 Å². The predicted octanol–water partition coefficient (Wildman–Crippen LogP) is 4.51. The topological polar surface area (TPSA) is 12.0 Å². The van der Waals surface area contributed by atoms with E-state index in [0.29, 0.717) is 18.0 Å². The molecule has 0 heterocycles. The molecule has 0 fully saturated rings. The van der Waals surface area contributed by atoms with Crippen LogP contribution in [0.4, 0.5) is 0 Å². The lowest BCUT2D eigenvalue weighted by Gasteiger charge is -2.25. The number of benzene rings is 1. The molecule has 1 nitrogen and oxygen atoms in total. The van der Waals surface area contributed by atoms with Gasteiger partial charge in [0.1, 0.15) is 0 Å². The molecule has 0 aliphatic rings. The monoisotopic (exact) mass is 265 g/mol. The molecule has 2 unspecified atom stereocenters. The van der Waals surface area contributed by atoms with Crippen LogP contribution in [-0.4, -0.2) is 17.5 Å². The highest BCUT2D eigenvalue weighted by Crippen LogP contribution is 2.22. The summed E-state index contributed by atoms with van der Waals surface area (Å²) in [6.45, 7) is 9.10. The van der Waals surface area contributed by atoms with Gasteiger partial charge in [0.2, 0.25) is 0 Å². The third kappa shape index (κ3) is 5.92. The van der Waals surface area contributed by atoms with Crippen LogP contribution in [0.15, 0.2) is 30.3 Å². The molecular weight excluding hydrogens is 238 g/mol. The Morgan fingerprint density at radius 1 is 1.11 bits per heavy atom. The average molecular weight is 265 g/mol. The first-order chi connectivity index (χ1) is 8.63. The minimum atomic E-state index is 0.485. The van der Waals surface area contributed by atoms with Crippen molar-refractivity contribution >= 4 is 11.8 Å². The van der Waals surface area contributed by atoms with Gasteiger partial charge in [-0.25, -0.2) is 0 Å². The van der Waals surface area contributed by atoms with Gasteiger partial charge in [0.05, 0.1) is 0 Å². The first kappa shape index (κ1) is 15.6. The lowest BCUT2D eigenvalue weighted by Crippen LogP contribution is -2.33. The van der Waals surface area contributed by atoms with Crippen LogP contribution in [0.2, 0.25) is 0 Å². The molecule has 1 aromatic carbocycles. The Bertz CT molecular complexity index is 310. The van der Waals surface area contributed by atoms with Gasteiger partial charge < -0.3 is 5.32 Å². The normalized spacial score (nSPS) is 14.7. The van der Waals surface area contributed by atoms with Crippen LogP contribution in [0, 0.1) is 5.92 Å². The van der Waals surface area contributed by atoms with Gasteiger partial charge in [0.25, 0.3) is 0 Å². The van der Waals surface area contributed by atoms with Crippen LogP contribution in [0.1, 0.15) is 45.7 Å². The van der Waals surface area contributed by atoms with Crippen LogP contribution in [-0.2, 0) is 0 Å². The van der Waals surface area contributed by atoms with Crippen LogP contribution in [0.3, 0.4) is 0 Å². The highest BCUT2D eigenvalue weighted by molar-refractivity contribution is 7.99. The van der Waals surface area contributed by atoms with Crippen molar-refractivity contribution in [3.63, 3.8) is 0 Å². The summed E-state index contributed by atoms with van der Waals surface area (Å²) in [6, 6.07) is 11.9. The number of rotatable bonds is 8. The van der Waals surface area contributed by atoms with Crippen molar-refractivity contribution in [2.75, 3.05) is 11.5 Å². The fraction of sp³-hybridized carbons (Fsp3) is 0.625. The van der Waals surface area contributed by atoms with Gasteiger partial charge in [-0.05, 0) is 30.6 Å². The van der Waals surface area contributed by atoms with Crippen LogP contribution < -0.4 is 5.32 Å². The fourth-order valence-electron chi connectivity index (χ4n) is 2.14. The number of hydrogen-bond donors (Lipinski definition) is 1. The van der Waals surface area contributed by atoms with E-state index in [9.17, 15) is 0 Å². The van der Waals surface area contributed by atoms with Crippen molar-refractivity contribution in [2.24, 2.45) is 5.92 Å². The average Bonchev–Trinajstić information content (AvgIpc) is 2.36. The molecule has 18 heavy (non-hydrogen) atoms. The fourth-order valence-corrected chi connectivity index (χ4v) is 2.83. The van der Waals surface area contributed by atoms with E-state index >= 15 is 0 Å². The molecule has 1 rings (SSSR count). The highest BCUT2D eigenvalue weighted by Gasteiger charge is 2.15. The molecule has 0 saturated heterocycles. The van der Waals surface area contributed by atoms with Gasteiger partial charge in [-0.2, -0.15) is 11.8 Å². The van der Waals surface area contributed by atoms with E-state index in [1.54, 1.807) is 0 Å². The summed E-state index contributed by atoms with van der Waals surface area (Å²) in [7, 11) is 0. The number of nitrogens with one attached hydrogen (secondary N) is 1. The Hall–Kier alpha value is -0.470. The first-order valence-corrected chi connectivity index (χ1v) is 8.17. The predicted molar refractivity (Wildman–Crippen MR) is 84.2 cm³/mol. The summed E-state index contributed by atoms with van der Waals surface area (Å²) in [4.78, 5) is 0. The van der Waals surface area contributed by atoms with Crippen molar-refractivity contribution in [3.05, 3.63) is 35.9 Å². The summed E-state index contributed by atoms with van der Waals surface area (Å²) >= 11 is 2.01. The smallest absolute Gasteiger partial charge is 0.0325 e. The molecule has 0 aliphatic carbocycles. The Balaban J connectivity index is 2.61. The first-order valence-electron chi connectivity index (χ1n) is 7.02. The molecule has 0 amide bonds. The second kappa shape index (κ2) is 8.60. The summed E-state index contributed by atoms with van der Waals surface area (Å²) < 4.78 is 0. The Kier molecular flexibility index (Phi) is 7.45. The quantitative estimate of drug-likeness (QED) is 0.742. The van der Waals surface area contributed by atoms with Gasteiger partial charge >= 0.3 is 0 Å². The maximum absolute atomic E-state index is 3.78. The third-order valence-electron chi connectivity index (χ3n) is 2.97. The van der Waals surface area contributed by atoms with Crippen molar-refractivity contribution in [3.8, 4) is 0 Å². The molecule has 1 N–H and O–H groups in total. The van der Waals surface area contributed by atoms with Gasteiger partial charge in [-0.3, -0.25) is 0 Å². The Morgan fingerprint density at radius 2 is 1.78 bits per heavy atom. The van der Waals surface area contributed by atoms with E-state index in [1.807, 2.05) is 11.8 Å². The SMILES string of the molecule is CCSCC(C)NC(CC(C)C)c1ccccc1. The van der Waals surface area contributed by atoms with Crippen molar-refractivity contribution < 1.29 is 0 Å². The molecule has 2 heteroatoms. The Morgan fingerprint density at radius 3 is 2.33 bits per heavy atom. The zero-order chi connectivity index (χ0) is 13.4.